The van der Waals surface area contributed by atoms with E-state index in [0.717, 1.165) is 46.3 Å². The molecule has 0 unspecified atom stereocenters. The Labute approximate surface area is 187 Å². The van der Waals surface area contributed by atoms with E-state index in [0.29, 0.717) is 26.2 Å². The number of H-pyrrole nitrogens is 1. The summed E-state index contributed by atoms with van der Waals surface area (Å²) >= 11 is 1.68. The molecule has 0 bridgehead atoms. The second kappa shape index (κ2) is 12.9. The summed E-state index contributed by atoms with van der Waals surface area (Å²) in [5, 5.41) is 12.4. The third-order valence-electron chi connectivity index (χ3n) is 4.63. The number of unbranched alkanes of at least 4 members (excludes halogenated alkanes) is 1. The fourth-order valence-electron chi connectivity index (χ4n) is 3.11. The lowest BCUT2D eigenvalue weighted by Crippen LogP contribution is -2.27. The van der Waals surface area contributed by atoms with E-state index in [1.807, 2.05) is 36.4 Å². The third-order valence-corrected chi connectivity index (χ3v) is 5.59. The molecule has 1 aromatic heterocycles. The minimum Gasteiger partial charge on any atom is -0.394 e. The number of aromatic amines is 1. The van der Waals surface area contributed by atoms with Gasteiger partial charge < -0.3 is 20.1 Å². The molecule has 3 aromatic rings. The van der Waals surface area contributed by atoms with Crippen LogP contribution >= 0.6 is 11.8 Å². The van der Waals surface area contributed by atoms with E-state index < -0.39 is 0 Å². The lowest BCUT2D eigenvalue weighted by Gasteiger charge is -2.05. The van der Waals surface area contributed by atoms with Crippen molar-refractivity contribution in [3.63, 3.8) is 0 Å². The van der Waals surface area contributed by atoms with Crippen molar-refractivity contribution in [1.29, 1.82) is 0 Å². The minimum atomic E-state index is 0.000958. The van der Waals surface area contributed by atoms with Crippen LogP contribution in [0.15, 0.2) is 65.8 Å². The van der Waals surface area contributed by atoms with Crippen LogP contribution < -0.4 is 5.32 Å². The number of aliphatic hydroxyl groups excluding tert-OH is 1. The number of carbonyl (C=O) groups is 1. The van der Waals surface area contributed by atoms with Crippen LogP contribution in [0.4, 0.5) is 0 Å². The molecule has 0 saturated carbocycles. The quantitative estimate of drug-likeness (QED) is 0.275. The maximum absolute atomic E-state index is 11.8. The average molecular weight is 440 g/mol. The second-order valence-electron chi connectivity index (χ2n) is 6.99. The van der Waals surface area contributed by atoms with Crippen molar-refractivity contribution >= 4 is 17.7 Å². The summed E-state index contributed by atoms with van der Waals surface area (Å²) in [7, 11) is 0. The average Bonchev–Trinajstić information content (AvgIpc) is 3.24. The summed E-state index contributed by atoms with van der Waals surface area (Å²) in [5.74, 6) is 0.927. The Morgan fingerprint density at radius 1 is 1.00 bits per heavy atom. The lowest BCUT2D eigenvalue weighted by atomic mass is 10.1. The molecule has 31 heavy (non-hydrogen) atoms. The van der Waals surface area contributed by atoms with Gasteiger partial charge in [-0.3, -0.25) is 4.79 Å². The van der Waals surface area contributed by atoms with Gasteiger partial charge in [-0.1, -0.05) is 72.4 Å². The Morgan fingerprint density at radius 3 is 2.42 bits per heavy atom. The number of imidazole rings is 1. The van der Waals surface area contributed by atoms with E-state index in [1.54, 1.807) is 11.8 Å². The summed E-state index contributed by atoms with van der Waals surface area (Å²) in [6.45, 7) is 1.21. The van der Waals surface area contributed by atoms with Gasteiger partial charge in [0.25, 0.3) is 0 Å². The molecule has 0 aliphatic carbocycles. The predicted octanol–water partition coefficient (Wildman–Crippen LogP) is 4.13. The number of nitrogens with zero attached hydrogens (tertiary/aromatic N) is 1. The first-order valence-corrected chi connectivity index (χ1v) is 11.6. The van der Waals surface area contributed by atoms with E-state index in [1.165, 1.54) is 0 Å². The fraction of sp³-hybridized carbons (Fsp3) is 0.333. The van der Waals surface area contributed by atoms with Crippen LogP contribution in [0.5, 0.6) is 0 Å². The largest absolute Gasteiger partial charge is 0.394 e. The maximum Gasteiger partial charge on any atom is 0.220 e. The zero-order valence-electron chi connectivity index (χ0n) is 17.5. The highest BCUT2D eigenvalue weighted by molar-refractivity contribution is 7.99. The number of nitrogens with one attached hydrogen (secondary N) is 2. The van der Waals surface area contributed by atoms with Gasteiger partial charge >= 0.3 is 0 Å². The van der Waals surface area contributed by atoms with Crippen molar-refractivity contribution in [2.45, 2.75) is 24.4 Å². The first kappa shape index (κ1) is 23.1. The number of benzene rings is 2. The summed E-state index contributed by atoms with van der Waals surface area (Å²) in [6, 6.07) is 20.4. The molecule has 0 spiro atoms. The van der Waals surface area contributed by atoms with Crippen molar-refractivity contribution in [3.8, 4) is 22.5 Å². The molecule has 7 heteroatoms. The predicted molar refractivity (Wildman–Crippen MR) is 125 cm³/mol. The standard InChI is InChI=1S/C24H29N3O3S/c28-15-17-30-16-14-25-21(29)13-7-8-18-31-24-26-22(19-9-3-1-4-10-19)23(27-24)20-11-5-2-6-12-20/h1-6,9-12,28H,7-8,13-18H2,(H,25,29)(H,26,27). The Hall–Kier alpha value is -2.61. The van der Waals surface area contributed by atoms with Gasteiger partial charge in [-0.05, 0) is 12.8 Å². The van der Waals surface area contributed by atoms with E-state index in [2.05, 4.69) is 34.6 Å². The molecule has 2 aromatic carbocycles. The molecular weight excluding hydrogens is 410 g/mol. The molecule has 1 heterocycles. The van der Waals surface area contributed by atoms with Crippen LogP contribution in [0.3, 0.4) is 0 Å². The molecule has 0 aliphatic rings. The summed E-state index contributed by atoms with van der Waals surface area (Å²) in [6.07, 6.45) is 2.26. The van der Waals surface area contributed by atoms with Crippen molar-refractivity contribution in [2.24, 2.45) is 0 Å². The van der Waals surface area contributed by atoms with Crippen molar-refractivity contribution in [1.82, 2.24) is 15.3 Å². The molecule has 0 aliphatic heterocycles. The van der Waals surface area contributed by atoms with Crippen LogP contribution in [-0.2, 0) is 9.53 Å². The SMILES string of the molecule is O=C(CCCCSc1nc(-c2ccccc2)c(-c2ccccc2)[nH]1)NCCOCCO. The topological polar surface area (TPSA) is 87.2 Å². The zero-order valence-corrected chi connectivity index (χ0v) is 18.4. The number of amides is 1. The highest BCUT2D eigenvalue weighted by Crippen LogP contribution is 2.32. The first-order chi connectivity index (χ1) is 15.3. The van der Waals surface area contributed by atoms with Gasteiger partial charge in [-0.25, -0.2) is 4.98 Å². The number of carbonyl (C=O) groups excluding carboxylic acids is 1. The van der Waals surface area contributed by atoms with Gasteiger partial charge in [-0.15, -0.1) is 0 Å². The van der Waals surface area contributed by atoms with Crippen LogP contribution in [0.25, 0.3) is 22.5 Å². The summed E-state index contributed by atoms with van der Waals surface area (Å²) < 4.78 is 5.12. The molecule has 1 amide bonds. The number of hydrogen-bond acceptors (Lipinski definition) is 5. The number of aliphatic hydroxyl groups is 1. The molecule has 6 nitrogen and oxygen atoms in total. The number of hydrogen-bond donors (Lipinski definition) is 3. The van der Waals surface area contributed by atoms with Gasteiger partial charge in [0.1, 0.15) is 0 Å². The van der Waals surface area contributed by atoms with Crippen LogP contribution in [0, 0.1) is 0 Å². The summed E-state index contributed by atoms with van der Waals surface area (Å²) in [4.78, 5) is 20.2. The number of thioether (sulfide) groups is 1. The van der Waals surface area contributed by atoms with Gasteiger partial charge in [0.15, 0.2) is 5.16 Å². The number of ether oxygens (including phenoxy) is 1. The lowest BCUT2D eigenvalue weighted by molar-refractivity contribution is -0.121. The van der Waals surface area contributed by atoms with Crippen molar-refractivity contribution in [2.75, 3.05) is 32.1 Å². The van der Waals surface area contributed by atoms with Gasteiger partial charge in [0.2, 0.25) is 5.91 Å². The van der Waals surface area contributed by atoms with E-state index in [-0.39, 0.29) is 12.5 Å². The molecule has 3 N–H and O–H groups in total. The van der Waals surface area contributed by atoms with E-state index >= 15 is 0 Å². The molecule has 0 atom stereocenters. The molecule has 0 radical (unpaired) electrons. The third kappa shape index (κ3) is 7.54. The fourth-order valence-corrected chi connectivity index (χ4v) is 3.98. The molecule has 0 fully saturated rings. The van der Waals surface area contributed by atoms with Gasteiger partial charge in [0, 0.05) is 29.8 Å². The van der Waals surface area contributed by atoms with Crippen molar-refractivity contribution < 1.29 is 14.6 Å². The van der Waals surface area contributed by atoms with Gasteiger partial charge in [-0.2, -0.15) is 0 Å². The molecule has 0 saturated heterocycles. The highest BCUT2D eigenvalue weighted by Gasteiger charge is 2.14. The Morgan fingerprint density at radius 2 is 1.71 bits per heavy atom. The van der Waals surface area contributed by atoms with Crippen LogP contribution in [0.2, 0.25) is 0 Å². The maximum atomic E-state index is 11.8. The van der Waals surface area contributed by atoms with Gasteiger partial charge in [0.05, 0.1) is 31.2 Å². The van der Waals surface area contributed by atoms with E-state index in [4.69, 9.17) is 14.8 Å². The summed E-state index contributed by atoms with van der Waals surface area (Å²) in [5.41, 5.74) is 4.18. The monoisotopic (exact) mass is 439 g/mol. The second-order valence-corrected chi connectivity index (χ2v) is 8.07. The Balaban J connectivity index is 1.49. The van der Waals surface area contributed by atoms with Crippen molar-refractivity contribution in [3.05, 3.63) is 60.7 Å². The number of rotatable bonds is 13. The van der Waals surface area contributed by atoms with E-state index in [9.17, 15) is 4.79 Å². The van der Waals surface area contributed by atoms with Crippen LogP contribution in [0.1, 0.15) is 19.3 Å². The normalized spacial score (nSPS) is 10.9. The molecular formula is C24H29N3O3S. The molecule has 164 valence electrons. The Bertz CT molecular complexity index is 859. The smallest absolute Gasteiger partial charge is 0.220 e. The first-order valence-electron chi connectivity index (χ1n) is 10.6. The minimum absolute atomic E-state index is 0.000958. The zero-order chi connectivity index (χ0) is 21.7. The molecule has 3 rings (SSSR count). The number of aromatic nitrogens is 2. The Kier molecular flexibility index (Phi) is 9.63. The van der Waals surface area contributed by atoms with Crippen LogP contribution in [-0.4, -0.2) is 53.1 Å². The highest BCUT2D eigenvalue weighted by atomic mass is 32.2.